The molecule has 0 radical (unpaired) electrons. The molecule has 20 heavy (non-hydrogen) atoms. The maximum Gasteiger partial charge on any atom is 0.311 e. The molecule has 0 atom stereocenters. The van der Waals surface area contributed by atoms with E-state index < -0.39 is 5.41 Å². The van der Waals surface area contributed by atoms with Crippen molar-refractivity contribution in [2.24, 2.45) is 5.41 Å². The SMILES string of the molecule is CCc1nn2c(=O)cc(COC(=O)C(C)(C)C)nc2s1. The topological polar surface area (TPSA) is 73.6 Å². The lowest BCUT2D eigenvalue weighted by Gasteiger charge is -2.16. The standard InChI is InChI=1S/C13H17N3O3S/c1-5-9-15-16-10(17)6-8(14-12(16)20-9)7-19-11(18)13(2,3)4/h6H,5,7H2,1-4H3. The first-order valence-corrected chi connectivity index (χ1v) is 7.19. The first-order chi connectivity index (χ1) is 9.31. The molecule has 0 aliphatic carbocycles. The van der Waals surface area contributed by atoms with E-state index in [1.807, 2.05) is 6.92 Å². The fourth-order valence-electron chi connectivity index (χ4n) is 1.47. The Balaban J connectivity index is 2.23. The van der Waals surface area contributed by atoms with Gasteiger partial charge in [0.2, 0.25) is 4.96 Å². The molecule has 108 valence electrons. The summed E-state index contributed by atoms with van der Waals surface area (Å²) >= 11 is 1.37. The number of carbonyl (C=O) groups is 1. The molecule has 0 saturated carbocycles. The molecule has 7 heteroatoms. The second kappa shape index (κ2) is 5.32. The van der Waals surface area contributed by atoms with Gasteiger partial charge < -0.3 is 4.74 Å². The number of nitrogens with zero attached hydrogens (tertiary/aromatic N) is 3. The van der Waals surface area contributed by atoms with Gasteiger partial charge in [-0.25, -0.2) is 4.98 Å². The van der Waals surface area contributed by atoms with E-state index in [9.17, 15) is 9.59 Å². The third-order valence-corrected chi connectivity index (χ3v) is 3.66. The van der Waals surface area contributed by atoms with E-state index in [4.69, 9.17) is 4.74 Å². The summed E-state index contributed by atoms with van der Waals surface area (Å²) in [7, 11) is 0. The Morgan fingerprint density at radius 1 is 1.45 bits per heavy atom. The van der Waals surface area contributed by atoms with Crippen LogP contribution in [0.15, 0.2) is 10.9 Å². The summed E-state index contributed by atoms with van der Waals surface area (Å²) in [5, 5.41) is 5.00. The molecule has 0 saturated heterocycles. The van der Waals surface area contributed by atoms with Gasteiger partial charge in [-0.3, -0.25) is 9.59 Å². The van der Waals surface area contributed by atoms with Gasteiger partial charge in [0.15, 0.2) is 0 Å². The first kappa shape index (κ1) is 14.6. The summed E-state index contributed by atoms with van der Waals surface area (Å²) in [4.78, 5) is 28.4. The predicted octanol–water partition coefficient (Wildman–Crippen LogP) is 1.80. The molecule has 0 fully saturated rings. The molecule has 0 aliphatic rings. The Morgan fingerprint density at radius 3 is 2.75 bits per heavy atom. The average Bonchev–Trinajstić information content (AvgIpc) is 2.78. The van der Waals surface area contributed by atoms with Crippen molar-refractivity contribution in [3.05, 3.63) is 27.1 Å². The number of aromatic nitrogens is 3. The van der Waals surface area contributed by atoms with E-state index in [0.29, 0.717) is 10.7 Å². The number of ether oxygens (including phenoxy) is 1. The molecule has 0 amide bonds. The highest BCUT2D eigenvalue weighted by Gasteiger charge is 2.23. The zero-order chi connectivity index (χ0) is 14.9. The Labute approximate surface area is 120 Å². The van der Waals surface area contributed by atoms with Gasteiger partial charge in [-0.1, -0.05) is 18.3 Å². The highest BCUT2D eigenvalue weighted by Crippen LogP contribution is 2.16. The summed E-state index contributed by atoms with van der Waals surface area (Å²) in [6, 6.07) is 1.35. The molecule has 2 aromatic heterocycles. The molecule has 0 aliphatic heterocycles. The van der Waals surface area contributed by atoms with Crippen molar-refractivity contribution < 1.29 is 9.53 Å². The number of aryl methyl sites for hydroxylation is 1. The molecule has 2 rings (SSSR count). The minimum absolute atomic E-state index is 0.00119. The van der Waals surface area contributed by atoms with Gasteiger partial charge in [0, 0.05) is 6.07 Å². The average molecular weight is 295 g/mol. The van der Waals surface area contributed by atoms with Crippen molar-refractivity contribution in [1.29, 1.82) is 0 Å². The quantitative estimate of drug-likeness (QED) is 0.807. The second-order valence-electron chi connectivity index (χ2n) is 5.46. The second-order valence-corrected chi connectivity index (χ2v) is 6.50. The van der Waals surface area contributed by atoms with Crippen molar-refractivity contribution in [2.75, 3.05) is 0 Å². The van der Waals surface area contributed by atoms with E-state index in [0.717, 1.165) is 11.4 Å². The van der Waals surface area contributed by atoms with Gasteiger partial charge >= 0.3 is 5.97 Å². The predicted molar refractivity (Wildman–Crippen MR) is 75.8 cm³/mol. The smallest absolute Gasteiger partial charge is 0.311 e. The van der Waals surface area contributed by atoms with Crippen LogP contribution in [0.1, 0.15) is 38.4 Å². The molecular weight excluding hydrogens is 278 g/mol. The molecular formula is C13H17N3O3S. The van der Waals surface area contributed by atoms with Gasteiger partial charge in [-0.05, 0) is 27.2 Å². The van der Waals surface area contributed by atoms with Crippen LogP contribution in [-0.2, 0) is 22.6 Å². The number of hydrogen-bond donors (Lipinski definition) is 0. The summed E-state index contributed by atoms with van der Waals surface area (Å²) in [6.45, 7) is 7.29. The fraction of sp³-hybridized carbons (Fsp3) is 0.538. The molecule has 0 aromatic carbocycles. The minimum Gasteiger partial charge on any atom is -0.459 e. The van der Waals surface area contributed by atoms with Crippen molar-refractivity contribution in [1.82, 2.24) is 14.6 Å². The molecule has 0 unspecified atom stereocenters. The number of fused-ring (bicyclic) bond motifs is 1. The zero-order valence-corrected chi connectivity index (χ0v) is 12.8. The van der Waals surface area contributed by atoms with Crippen molar-refractivity contribution in [3.8, 4) is 0 Å². The normalized spacial score (nSPS) is 11.8. The van der Waals surface area contributed by atoms with E-state index in [1.165, 1.54) is 21.9 Å². The number of carbonyl (C=O) groups excluding carboxylic acids is 1. The van der Waals surface area contributed by atoms with Crippen LogP contribution in [0.2, 0.25) is 0 Å². The first-order valence-electron chi connectivity index (χ1n) is 6.37. The molecule has 0 spiro atoms. The number of esters is 1. The molecule has 0 N–H and O–H groups in total. The lowest BCUT2D eigenvalue weighted by molar-refractivity contribution is -0.154. The number of rotatable bonds is 3. The Bertz CT molecular complexity index is 697. The monoisotopic (exact) mass is 295 g/mol. The van der Waals surface area contributed by atoms with Gasteiger partial charge in [-0.15, -0.1) is 0 Å². The van der Waals surface area contributed by atoms with Crippen LogP contribution in [0.4, 0.5) is 0 Å². The summed E-state index contributed by atoms with van der Waals surface area (Å²) in [5.74, 6) is -0.321. The summed E-state index contributed by atoms with van der Waals surface area (Å²) in [5.41, 5.74) is -0.384. The van der Waals surface area contributed by atoms with Gasteiger partial charge in [0.05, 0.1) is 11.1 Å². The molecule has 6 nitrogen and oxygen atoms in total. The van der Waals surface area contributed by atoms with E-state index in [2.05, 4.69) is 10.1 Å². The Morgan fingerprint density at radius 2 is 2.15 bits per heavy atom. The maximum absolute atomic E-state index is 11.9. The van der Waals surface area contributed by atoms with Gasteiger partial charge in [-0.2, -0.15) is 9.61 Å². The van der Waals surface area contributed by atoms with E-state index in [1.54, 1.807) is 20.8 Å². The third kappa shape index (κ3) is 3.04. The van der Waals surface area contributed by atoms with Crippen molar-refractivity contribution >= 4 is 22.3 Å². The highest BCUT2D eigenvalue weighted by atomic mass is 32.1. The van der Waals surface area contributed by atoms with E-state index in [-0.39, 0.29) is 18.1 Å². The van der Waals surface area contributed by atoms with Crippen LogP contribution in [0.25, 0.3) is 4.96 Å². The minimum atomic E-state index is -0.570. The maximum atomic E-state index is 11.9. The van der Waals surface area contributed by atoms with Crippen molar-refractivity contribution in [2.45, 2.75) is 40.7 Å². The van der Waals surface area contributed by atoms with Gasteiger partial charge in [0.1, 0.15) is 11.6 Å². The van der Waals surface area contributed by atoms with Crippen LogP contribution in [-0.4, -0.2) is 20.6 Å². The molecule has 2 aromatic rings. The Hall–Kier alpha value is -1.76. The largest absolute Gasteiger partial charge is 0.459 e. The lowest BCUT2D eigenvalue weighted by Crippen LogP contribution is -2.23. The van der Waals surface area contributed by atoms with Crippen LogP contribution >= 0.6 is 11.3 Å². The molecule has 2 heterocycles. The lowest BCUT2D eigenvalue weighted by atomic mass is 9.97. The Kier molecular flexibility index (Phi) is 3.89. The summed E-state index contributed by atoms with van der Waals surface area (Å²) in [6.07, 6.45) is 0.752. The third-order valence-electron chi connectivity index (χ3n) is 2.61. The van der Waals surface area contributed by atoms with Gasteiger partial charge in [0.25, 0.3) is 5.56 Å². The van der Waals surface area contributed by atoms with Crippen LogP contribution in [0.5, 0.6) is 0 Å². The molecule has 0 bridgehead atoms. The van der Waals surface area contributed by atoms with Crippen molar-refractivity contribution in [3.63, 3.8) is 0 Å². The van der Waals surface area contributed by atoms with Crippen LogP contribution in [0.3, 0.4) is 0 Å². The number of hydrogen-bond acceptors (Lipinski definition) is 6. The van der Waals surface area contributed by atoms with E-state index >= 15 is 0 Å². The van der Waals surface area contributed by atoms with Crippen LogP contribution in [0, 0.1) is 5.41 Å². The zero-order valence-electron chi connectivity index (χ0n) is 12.0. The summed E-state index contributed by atoms with van der Waals surface area (Å²) < 4.78 is 6.44. The highest BCUT2D eigenvalue weighted by molar-refractivity contribution is 7.16. The fourth-order valence-corrected chi connectivity index (χ4v) is 2.33. The van der Waals surface area contributed by atoms with Crippen LogP contribution < -0.4 is 5.56 Å².